The van der Waals surface area contributed by atoms with Crippen molar-refractivity contribution < 1.29 is 9.53 Å². The van der Waals surface area contributed by atoms with Gasteiger partial charge in [-0.2, -0.15) is 10.2 Å². The third kappa shape index (κ3) is 4.78. The van der Waals surface area contributed by atoms with E-state index in [9.17, 15) is 4.79 Å². The molecule has 0 aliphatic heterocycles. The average Bonchev–Trinajstić information content (AvgIpc) is 3.22. The maximum Gasteiger partial charge on any atom is 0.269 e. The number of carbonyl (C=O) groups is 1. The van der Waals surface area contributed by atoms with Gasteiger partial charge in [-0.25, -0.2) is 9.97 Å². The third-order valence-electron chi connectivity index (χ3n) is 3.69. The highest BCUT2D eigenvalue weighted by Crippen LogP contribution is 2.22. The summed E-state index contributed by atoms with van der Waals surface area (Å²) in [6, 6.07) is 6.82. The molecule has 0 radical (unpaired) electrons. The summed E-state index contributed by atoms with van der Waals surface area (Å²) < 4.78 is 5.01. The van der Waals surface area contributed by atoms with Gasteiger partial charge in [-0.05, 0) is 18.2 Å². The number of hydrogen-bond donors (Lipinski definition) is 4. The van der Waals surface area contributed by atoms with Crippen LogP contribution in [-0.2, 0) is 4.74 Å². The summed E-state index contributed by atoms with van der Waals surface area (Å²) >= 11 is 0. The molecular formula is C17H21N9O2. The SMILES string of the molecule is COC[C@H](N)CNc1cnc(C(N)=O)c(Nc2cccc(-n3nccn3)n2)c1. The summed E-state index contributed by atoms with van der Waals surface area (Å²) in [5, 5.41) is 14.3. The zero-order valence-corrected chi connectivity index (χ0v) is 15.2. The molecule has 0 aliphatic rings. The zero-order chi connectivity index (χ0) is 19.9. The molecule has 3 aromatic rings. The molecule has 146 valence electrons. The largest absolute Gasteiger partial charge is 0.383 e. The first kappa shape index (κ1) is 19.2. The summed E-state index contributed by atoms with van der Waals surface area (Å²) in [4.78, 5) is 21.7. The normalized spacial score (nSPS) is 11.8. The predicted molar refractivity (Wildman–Crippen MR) is 104 cm³/mol. The maximum absolute atomic E-state index is 11.7. The summed E-state index contributed by atoms with van der Waals surface area (Å²) in [6.45, 7) is 0.895. The molecular weight excluding hydrogens is 362 g/mol. The summed E-state index contributed by atoms with van der Waals surface area (Å²) in [6.07, 6.45) is 4.63. The fourth-order valence-electron chi connectivity index (χ4n) is 2.45. The topological polar surface area (TPSA) is 159 Å². The Balaban J connectivity index is 1.82. The minimum atomic E-state index is -0.657. The molecule has 0 saturated carbocycles. The molecule has 3 aromatic heterocycles. The molecule has 0 unspecified atom stereocenters. The number of primary amides is 1. The van der Waals surface area contributed by atoms with Crippen molar-refractivity contribution in [3.05, 3.63) is 48.5 Å². The first-order valence-electron chi connectivity index (χ1n) is 8.46. The number of ether oxygens (including phenoxy) is 1. The van der Waals surface area contributed by atoms with Crippen molar-refractivity contribution in [1.29, 1.82) is 0 Å². The standard InChI is InChI=1S/C17H21N9O2/c1-28-10-11(18)8-20-12-7-13(16(17(19)27)21-9-12)24-14-3-2-4-15(25-14)26-22-5-6-23-26/h2-7,9,11,20H,8,10,18H2,1H3,(H2,19,27)(H,24,25)/t11-/m1/s1. The van der Waals surface area contributed by atoms with Crippen molar-refractivity contribution in [3.8, 4) is 5.82 Å². The van der Waals surface area contributed by atoms with E-state index >= 15 is 0 Å². The van der Waals surface area contributed by atoms with Crippen LogP contribution < -0.4 is 22.1 Å². The van der Waals surface area contributed by atoms with Crippen molar-refractivity contribution in [1.82, 2.24) is 25.0 Å². The van der Waals surface area contributed by atoms with Gasteiger partial charge in [-0.1, -0.05) is 6.07 Å². The van der Waals surface area contributed by atoms with Gasteiger partial charge in [0.15, 0.2) is 11.5 Å². The summed E-state index contributed by atoms with van der Waals surface area (Å²) in [5.41, 5.74) is 12.5. The lowest BCUT2D eigenvalue weighted by atomic mass is 10.2. The molecule has 0 aliphatic carbocycles. The molecule has 11 nitrogen and oxygen atoms in total. The Morgan fingerprint density at radius 3 is 2.82 bits per heavy atom. The molecule has 0 spiro atoms. The van der Waals surface area contributed by atoms with Crippen LogP contribution in [0.1, 0.15) is 10.5 Å². The van der Waals surface area contributed by atoms with Crippen molar-refractivity contribution in [2.75, 3.05) is 30.9 Å². The van der Waals surface area contributed by atoms with Crippen molar-refractivity contribution in [2.45, 2.75) is 6.04 Å². The molecule has 6 N–H and O–H groups in total. The van der Waals surface area contributed by atoms with Gasteiger partial charge in [-0.15, -0.1) is 4.80 Å². The molecule has 3 heterocycles. The van der Waals surface area contributed by atoms with Gasteiger partial charge in [0.25, 0.3) is 5.91 Å². The average molecular weight is 383 g/mol. The lowest BCUT2D eigenvalue weighted by molar-refractivity contribution is 0.0996. The number of nitrogens with zero attached hydrogens (tertiary/aromatic N) is 5. The monoisotopic (exact) mass is 383 g/mol. The Labute approximate surface area is 161 Å². The molecule has 1 atom stereocenters. The summed E-state index contributed by atoms with van der Waals surface area (Å²) in [5.74, 6) is 0.339. The molecule has 11 heteroatoms. The van der Waals surface area contributed by atoms with Crippen LogP contribution in [0.5, 0.6) is 0 Å². The Hall–Kier alpha value is -3.57. The number of aromatic nitrogens is 5. The van der Waals surface area contributed by atoms with E-state index in [0.29, 0.717) is 36.2 Å². The van der Waals surface area contributed by atoms with Crippen LogP contribution in [0.15, 0.2) is 42.9 Å². The zero-order valence-electron chi connectivity index (χ0n) is 15.2. The predicted octanol–water partition coefficient (Wildman–Crippen LogP) is 0.285. The number of pyridine rings is 2. The van der Waals surface area contributed by atoms with Crippen LogP contribution in [0.25, 0.3) is 5.82 Å². The molecule has 0 saturated heterocycles. The molecule has 0 bridgehead atoms. The Bertz CT molecular complexity index is 930. The molecule has 0 fully saturated rings. The number of anilines is 3. The lowest BCUT2D eigenvalue weighted by Crippen LogP contribution is -2.33. The number of nitrogens with two attached hydrogens (primary N) is 2. The van der Waals surface area contributed by atoms with Crippen molar-refractivity contribution in [3.63, 3.8) is 0 Å². The van der Waals surface area contributed by atoms with Gasteiger partial charge >= 0.3 is 0 Å². The van der Waals surface area contributed by atoms with E-state index < -0.39 is 5.91 Å². The minimum Gasteiger partial charge on any atom is -0.383 e. The van der Waals surface area contributed by atoms with Crippen LogP contribution >= 0.6 is 0 Å². The molecule has 28 heavy (non-hydrogen) atoms. The highest BCUT2D eigenvalue weighted by atomic mass is 16.5. The van der Waals surface area contributed by atoms with E-state index in [1.165, 1.54) is 11.0 Å². The minimum absolute atomic E-state index is 0.0937. The first-order chi connectivity index (χ1) is 13.6. The van der Waals surface area contributed by atoms with Crippen LogP contribution in [0, 0.1) is 0 Å². The number of nitrogens with one attached hydrogen (secondary N) is 2. The van der Waals surface area contributed by atoms with E-state index in [2.05, 4.69) is 30.8 Å². The number of hydrogen-bond acceptors (Lipinski definition) is 9. The van der Waals surface area contributed by atoms with E-state index in [1.54, 1.807) is 43.8 Å². The van der Waals surface area contributed by atoms with Crippen molar-refractivity contribution in [2.24, 2.45) is 11.5 Å². The Kier molecular flexibility index (Phi) is 6.09. The second-order valence-corrected chi connectivity index (χ2v) is 5.91. The van der Waals surface area contributed by atoms with Crippen LogP contribution in [-0.4, -0.2) is 57.2 Å². The molecule has 3 rings (SSSR count). The lowest BCUT2D eigenvalue weighted by Gasteiger charge is -2.15. The van der Waals surface area contributed by atoms with Gasteiger partial charge in [0.1, 0.15) is 5.82 Å². The molecule has 1 amide bonds. The van der Waals surface area contributed by atoms with Crippen LogP contribution in [0.3, 0.4) is 0 Å². The van der Waals surface area contributed by atoms with Crippen LogP contribution in [0.2, 0.25) is 0 Å². The smallest absolute Gasteiger partial charge is 0.269 e. The second-order valence-electron chi connectivity index (χ2n) is 5.91. The summed E-state index contributed by atoms with van der Waals surface area (Å²) in [7, 11) is 1.59. The number of amides is 1. The van der Waals surface area contributed by atoms with Gasteiger partial charge in [0, 0.05) is 19.7 Å². The van der Waals surface area contributed by atoms with Crippen molar-refractivity contribution >= 4 is 23.1 Å². The van der Waals surface area contributed by atoms with E-state index in [1.807, 2.05) is 0 Å². The van der Waals surface area contributed by atoms with E-state index in [-0.39, 0.29) is 11.7 Å². The fraction of sp³-hybridized carbons (Fsp3) is 0.235. The number of carbonyl (C=O) groups excluding carboxylic acids is 1. The quantitative estimate of drug-likeness (QED) is 0.407. The van der Waals surface area contributed by atoms with Crippen LogP contribution in [0.4, 0.5) is 17.2 Å². The number of rotatable bonds is 9. The highest BCUT2D eigenvalue weighted by molar-refractivity contribution is 5.97. The van der Waals surface area contributed by atoms with Gasteiger partial charge in [0.2, 0.25) is 0 Å². The van der Waals surface area contributed by atoms with E-state index in [0.717, 1.165) is 0 Å². The Morgan fingerprint density at radius 2 is 2.11 bits per heavy atom. The maximum atomic E-state index is 11.7. The van der Waals surface area contributed by atoms with Gasteiger partial charge in [-0.3, -0.25) is 4.79 Å². The van der Waals surface area contributed by atoms with Gasteiger partial charge in [0.05, 0.1) is 36.6 Å². The van der Waals surface area contributed by atoms with Gasteiger partial charge < -0.3 is 26.8 Å². The number of methoxy groups -OCH3 is 1. The first-order valence-corrected chi connectivity index (χ1v) is 8.46. The van der Waals surface area contributed by atoms with E-state index in [4.69, 9.17) is 16.2 Å². The molecule has 0 aromatic carbocycles. The highest BCUT2D eigenvalue weighted by Gasteiger charge is 2.13. The third-order valence-corrected chi connectivity index (χ3v) is 3.69. The Morgan fingerprint density at radius 1 is 1.32 bits per heavy atom. The second kappa shape index (κ2) is 8.88. The fourth-order valence-corrected chi connectivity index (χ4v) is 2.45.